The van der Waals surface area contributed by atoms with E-state index in [4.69, 9.17) is 11.6 Å². The third-order valence-corrected chi connectivity index (χ3v) is 3.02. The number of carbonyl (C=O) groups excluding carboxylic acids is 1. The van der Waals surface area contributed by atoms with Crippen molar-refractivity contribution in [1.82, 2.24) is 5.32 Å². The minimum absolute atomic E-state index is 0.156. The summed E-state index contributed by atoms with van der Waals surface area (Å²) in [4.78, 5) is 22.1. The van der Waals surface area contributed by atoms with Crippen LogP contribution in [0.1, 0.15) is 15.9 Å². The molecule has 0 aliphatic carbocycles. The number of hydrogen-bond donors (Lipinski definition) is 1. The van der Waals surface area contributed by atoms with Gasteiger partial charge in [0, 0.05) is 17.6 Å². The van der Waals surface area contributed by atoms with Gasteiger partial charge in [0.25, 0.3) is 11.6 Å². The topological polar surface area (TPSA) is 72.2 Å². The summed E-state index contributed by atoms with van der Waals surface area (Å²) in [6.45, 7) is 0.156. The van der Waals surface area contributed by atoms with Gasteiger partial charge in [-0.1, -0.05) is 23.7 Å². The van der Waals surface area contributed by atoms with Crippen molar-refractivity contribution >= 4 is 23.2 Å². The summed E-state index contributed by atoms with van der Waals surface area (Å²) in [6, 6.07) is 9.49. The van der Waals surface area contributed by atoms with E-state index in [0.29, 0.717) is 5.02 Å². The first-order valence-corrected chi connectivity index (χ1v) is 6.32. The number of nitrogens with one attached hydrogen (secondary N) is 1. The molecule has 5 nitrogen and oxygen atoms in total. The van der Waals surface area contributed by atoms with Crippen LogP contribution in [0, 0.1) is 15.9 Å². The van der Waals surface area contributed by atoms with E-state index in [1.807, 2.05) is 0 Å². The predicted molar refractivity (Wildman–Crippen MR) is 75.7 cm³/mol. The molecule has 0 saturated heterocycles. The molecule has 0 aliphatic heterocycles. The number of amides is 1. The van der Waals surface area contributed by atoms with Gasteiger partial charge in [0.05, 0.1) is 4.92 Å². The summed E-state index contributed by atoms with van der Waals surface area (Å²) in [7, 11) is 0. The van der Waals surface area contributed by atoms with E-state index in [-0.39, 0.29) is 12.1 Å². The van der Waals surface area contributed by atoms with Crippen molar-refractivity contribution in [3.05, 3.63) is 74.5 Å². The second-order valence-electron chi connectivity index (χ2n) is 4.23. The zero-order valence-electron chi connectivity index (χ0n) is 10.7. The molecule has 0 aromatic heterocycles. The number of hydrogen-bond acceptors (Lipinski definition) is 3. The molecule has 0 fully saturated rings. The fourth-order valence-corrected chi connectivity index (χ4v) is 1.86. The highest BCUT2D eigenvalue weighted by molar-refractivity contribution is 6.30. The molecular formula is C14H10ClFN2O3. The van der Waals surface area contributed by atoms with E-state index in [2.05, 4.69) is 5.32 Å². The molecule has 0 heterocycles. The number of benzene rings is 2. The minimum atomic E-state index is -0.726. The SMILES string of the molecule is O=C(NCc1ccc(Cl)cc1)c1cc(F)ccc1[N+](=O)[O-]. The van der Waals surface area contributed by atoms with E-state index >= 15 is 0 Å². The summed E-state index contributed by atoms with van der Waals surface area (Å²) >= 11 is 5.74. The van der Waals surface area contributed by atoms with Gasteiger partial charge in [-0.25, -0.2) is 4.39 Å². The van der Waals surface area contributed by atoms with Crippen molar-refractivity contribution in [1.29, 1.82) is 0 Å². The Hall–Kier alpha value is -2.47. The van der Waals surface area contributed by atoms with Crippen molar-refractivity contribution in [3.63, 3.8) is 0 Å². The van der Waals surface area contributed by atoms with Gasteiger partial charge in [0.15, 0.2) is 0 Å². The maximum Gasteiger partial charge on any atom is 0.282 e. The lowest BCUT2D eigenvalue weighted by molar-refractivity contribution is -0.385. The standard InChI is InChI=1S/C14H10ClFN2O3/c15-10-3-1-9(2-4-10)8-17-14(19)12-7-11(16)5-6-13(12)18(20)21/h1-7H,8H2,(H,17,19). The number of nitro benzene ring substituents is 1. The van der Waals surface area contributed by atoms with Crippen LogP contribution in [0.2, 0.25) is 5.02 Å². The Bertz CT molecular complexity index is 689. The lowest BCUT2D eigenvalue weighted by Gasteiger charge is -2.06. The van der Waals surface area contributed by atoms with Crippen LogP contribution in [-0.2, 0) is 6.54 Å². The maximum atomic E-state index is 13.2. The Morgan fingerprint density at radius 3 is 2.52 bits per heavy atom. The molecule has 0 spiro atoms. The average molecular weight is 309 g/mol. The van der Waals surface area contributed by atoms with Gasteiger partial charge in [-0.05, 0) is 29.8 Å². The highest BCUT2D eigenvalue weighted by Crippen LogP contribution is 2.19. The molecule has 0 saturated carbocycles. The first-order valence-electron chi connectivity index (χ1n) is 5.94. The normalized spacial score (nSPS) is 10.2. The number of rotatable bonds is 4. The first kappa shape index (κ1) is 14.9. The lowest BCUT2D eigenvalue weighted by Crippen LogP contribution is -2.23. The molecule has 21 heavy (non-hydrogen) atoms. The lowest BCUT2D eigenvalue weighted by atomic mass is 10.1. The first-order chi connectivity index (χ1) is 9.97. The van der Waals surface area contributed by atoms with Crippen molar-refractivity contribution in [2.24, 2.45) is 0 Å². The largest absolute Gasteiger partial charge is 0.348 e. The number of nitrogens with zero attached hydrogens (tertiary/aromatic N) is 1. The summed E-state index contributed by atoms with van der Waals surface area (Å²) in [5.41, 5.74) is 0.0192. The van der Waals surface area contributed by atoms with Crippen LogP contribution in [0.5, 0.6) is 0 Å². The van der Waals surface area contributed by atoms with Crippen LogP contribution in [0.3, 0.4) is 0 Å². The second-order valence-corrected chi connectivity index (χ2v) is 4.66. The third-order valence-electron chi connectivity index (χ3n) is 2.77. The Morgan fingerprint density at radius 2 is 1.90 bits per heavy atom. The Kier molecular flexibility index (Phi) is 4.49. The summed E-state index contributed by atoms with van der Waals surface area (Å²) in [5, 5.41) is 13.9. The molecule has 2 aromatic carbocycles. The number of nitro groups is 1. The van der Waals surface area contributed by atoms with E-state index < -0.39 is 22.3 Å². The van der Waals surface area contributed by atoms with Gasteiger partial charge in [-0.2, -0.15) is 0 Å². The molecule has 1 N–H and O–H groups in total. The smallest absolute Gasteiger partial charge is 0.282 e. The zero-order valence-corrected chi connectivity index (χ0v) is 11.4. The molecule has 0 radical (unpaired) electrons. The van der Waals surface area contributed by atoms with E-state index in [1.165, 1.54) is 0 Å². The highest BCUT2D eigenvalue weighted by Gasteiger charge is 2.20. The fraction of sp³-hybridized carbons (Fsp3) is 0.0714. The molecule has 2 rings (SSSR count). The third kappa shape index (κ3) is 3.76. The molecule has 108 valence electrons. The quantitative estimate of drug-likeness (QED) is 0.695. The van der Waals surface area contributed by atoms with Crippen LogP contribution < -0.4 is 5.32 Å². The summed E-state index contributed by atoms with van der Waals surface area (Å²) < 4.78 is 13.2. The van der Waals surface area contributed by atoms with Crippen molar-refractivity contribution in [3.8, 4) is 0 Å². The van der Waals surface area contributed by atoms with E-state index in [9.17, 15) is 19.3 Å². The van der Waals surface area contributed by atoms with Crippen LogP contribution in [0.4, 0.5) is 10.1 Å². The van der Waals surface area contributed by atoms with Gasteiger partial charge in [-0.15, -0.1) is 0 Å². The molecule has 0 unspecified atom stereocenters. The van der Waals surface area contributed by atoms with Crippen LogP contribution in [0.25, 0.3) is 0 Å². The highest BCUT2D eigenvalue weighted by atomic mass is 35.5. The molecule has 0 aliphatic rings. The van der Waals surface area contributed by atoms with Crippen molar-refractivity contribution in [2.45, 2.75) is 6.54 Å². The Labute approximate surface area is 124 Å². The van der Waals surface area contributed by atoms with E-state index in [1.54, 1.807) is 24.3 Å². The monoisotopic (exact) mass is 308 g/mol. The molecule has 0 bridgehead atoms. The van der Waals surface area contributed by atoms with E-state index in [0.717, 1.165) is 23.8 Å². The number of halogens is 2. The van der Waals surface area contributed by atoms with Crippen molar-refractivity contribution in [2.75, 3.05) is 0 Å². The van der Waals surface area contributed by atoms with Crippen LogP contribution >= 0.6 is 11.6 Å². The van der Waals surface area contributed by atoms with Gasteiger partial charge in [0.1, 0.15) is 11.4 Å². The predicted octanol–water partition coefficient (Wildman–Crippen LogP) is 3.32. The van der Waals surface area contributed by atoms with Gasteiger partial charge in [-0.3, -0.25) is 14.9 Å². The maximum absolute atomic E-state index is 13.2. The van der Waals surface area contributed by atoms with Crippen LogP contribution in [-0.4, -0.2) is 10.8 Å². The van der Waals surface area contributed by atoms with Gasteiger partial charge >= 0.3 is 0 Å². The molecule has 2 aromatic rings. The molecule has 7 heteroatoms. The van der Waals surface area contributed by atoms with Gasteiger partial charge < -0.3 is 5.32 Å². The summed E-state index contributed by atoms with van der Waals surface area (Å²) in [5.74, 6) is -1.42. The Balaban J connectivity index is 2.15. The van der Waals surface area contributed by atoms with Gasteiger partial charge in [0.2, 0.25) is 0 Å². The fourth-order valence-electron chi connectivity index (χ4n) is 1.73. The molecule has 0 atom stereocenters. The summed E-state index contributed by atoms with van der Waals surface area (Å²) in [6.07, 6.45) is 0. The molecular weight excluding hydrogens is 299 g/mol. The second kappa shape index (κ2) is 6.32. The number of carbonyl (C=O) groups is 1. The average Bonchev–Trinajstić information content (AvgIpc) is 2.46. The Morgan fingerprint density at radius 1 is 1.24 bits per heavy atom. The van der Waals surface area contributed by atoms with Crippen molar-refractivity contribution < 1.29 is 14.1 Å². The minimum Gasteiger partial charge on any atom is -0.348 e. The van der Waals surface area contributed by atoms with Crippen LogP contribution in [0.15, 0.2) is 42.5 Å². The molecule has 1 amide bonds. The zero-order chi connectivity index (χ0) is 15.4.